The molecule has 1 nitrogen and oxygen atoms in total. The van der Waals surface area contributed by atoms with E-state index in [2.05, 4.69) is 5.32 Å². The van der Waals surface area contributed by atoms with Gasteiger partial charge in [-0.05, 0) is 48.1 Å². The van der Waals surface area contributed by atoms with Crippen molar-refractivity contribution in [2.75, 3.05) is 23.4 Å². The molecule has 0 aliphatic carbocycles. The maximum atomic E-state index is 12.1. The Morgan fingerprint density at radius 2 is 2.12 bits per heavy atom. The Labute approximate surface area is 109 Å². The van der Waals surface area contributed by atoms with Crippen molar-refractivity contribution in [3.8, 4) is 0 Å². The highest BCUT2D eigenvalue weighted by molar-refractivity contribution is 7.99. The Morgan fingerprint density at radius 3 is 2.71 bits per heavy atom. The summed E-state index contributed by atoms with van der Waals surface area (Å²) in [4.78, 5) is 0.613. The van der Waals surface area contributed by atoms with Crippen LogP contribution in [0.15, 0.2) is 29.2 Å². The molecule has 1 aromatic carbocycles. The van der Waals surface area contributed by atoms with Crippen molar-refractivity contribution >= 4 is 29.2 Å². The normalized spacial score (nSPS) is 19.8. The lowest BCUT2D eigenvalue weighted by Crippen LogP contribution is -2.13. The molecule has 5 heteroatoms. The number of rotatable bonds is 5. The van der Waals surface area contributed by atoms with Crippen LogP contribution in [0.4, 0.5) is 14.5 Å². The van der Waals surface area contributed by atoms with Crippen molar-refractivity contribution in [3.05, 3.63) is 24.3 Å². The molecule has 1 aliphatic heterocycles. The molecule has 1 fully saturated rings. The molecule has 0 bridgehead atoms. The minimum atomic E-state index is -2.34. The highest BCUT2D eigenvalue weighted by Crippen LogP contribution is 2.27. The largest absolute Gasteiger partial charge is 0.385 e. The third-order valence-corrected chi connectivity index (χ3v) is 4.65. The Hall–Kier alpha value is -0.420. The molecule has 1 heterocycles. The minimum absolute atomic E-state index is 0.586. The summed E-state index contributed by atoms with van der Waals surface area (Å²) < 4.78 is 24.2. The quantitative estimate of drug-likeness (QED) is 0.810. The Balaban J connectivity index is 1.80. The van der Waals surface area contributed by atoms with E-state index in [0.29, 0.717) is 16.7 Å². The summed E-state index contributed by atoms with van der Waals surface area (Å²) >= 11 is 2.59. The van der Waals surface area contributed by atoms with Gasteiger partial charge in [0.1, 0.15) is 0 Å². The summed E-state index contributed by atoms with van der Waals surface area (Å²) in [6.45, 7) is 0.980. The number of benzene rings is 1. The van der Waals surface area contributed by atoms with Crippen LogP contribution in [0.5, 0.6) is 0 Å². The summed E-state index contributed by atoms with van der Waals surface area (Å²) in [5.41, 5.74) is 1.01. The molecular weight excluding hydrogens is 260 g/mol. The van der Waals surface area contributed by atoms with Crippen LogP contribution in [0.25, 0.3) is 0 Å². The number of halogens is 2. The number of hydrogen-bond acceptors (Lipinski definition) is 3. The van der Waals surface area contributed by atoms with Crippen LogP contribution >= 0.6 is 23.5 Å². The zero-order valence-corrected chi connectivity index (χ0v) is 11.0. The van der Waals surface area contributed by atoms with E-state index >= 15 is 0 Å². The van der Waals surface area contributed by atoms with Gasteiger partial charge in [-0.15, -0.1) is 0 Å². The molecule has 2 rings (SSSR count). The third-order valence-electron chi connectivity index (χ3n) is 2.70. The molecule has 94 valence electrons. The van der Waals surface area contributed by atoms with Crippen LogP contribution in [0.3, 0.4) is 0 Å². The predicted molar refractivity (Wildman–Crippen MR) is 72.2 cm³/mol. The molecule has 1 N–H and O–H groups in total. The Kier molecular flexibility index (Phi) is 4.98. The number of nitrogens with one attached hydrogen (secondary N) is 1. The van der Waals surface area contributed by atoms with E-state index < -0.39 is 5.76 Å². The molecule has 0 spiro atoms. The molecule has 0 amide bonds. The van der Waals surface area contributed by atoms with Crippen molar-refractivity contribution in [1.29, 1.82) is 0 Å². The van der Waals surface area contributed by atoms with Crippen LogP contribution in [0.2, 0.25) is 0 Å². The summed E-state index contributed by atoms with van der Waals surface area (Å²) in [5.74, 6) is 0.891. The lowest BCUT2D eigenvalue weighted by molar-refractivity contribution is 0.252. The maximum Gasteiger partial charge on any atom is 0.288 e. The fourth-order valence-corrected chi connectivity index (χ4v) is 3.54. The minimum Gasteiger partial charge on any atom is -0.385 e. The van der Waals surface area contributed by atoms with Gasteiger partial charge in [0.05, 0.1) is 0 Å². The highest BCUT2D eigenvalue weighted by atomic mass is 32.2. The molecule has 0 saturated carbocycles. The van der Waals surface area contributed by atoms with Crippen molar-refractivity contribution in [2.24, 2.45) is 5.92 Å². The first-order chi connectivity index (χ1) is 8.24. The summed E-state index contributed by atoms with van der Waals surface area (Å²) in [6, 6.07) is 7.21. The summed E-state index contributed by atoms with van der Waals surface area (Å²) in [6.07, 6.45) is 1.27. The second-order valence-electron chi connectivity index (χ2n) is 4.01. The molecular formula is C12H15F2NS2. The van der Waals surface area contributed by atoms with Crippen molar-refractivity contribution in [3.63, 3.8) is 0 Å². The van der Waals surface area contributed by atoms with E-state index in [1.54, 1.807) is 12.1 Å². The van der Waals surface area contributed by atoms with Gasteiger partial charge in [0.15, 0.2) is 0 Å². The first-order valence-electron chi connectivity index (χ1n) is 5.60. The van der Waals surface area contributed by atoms with Gasteiger partial charge in [0.2, 0.25) is 0 Å². The van der Waals surface area contributed by atoms with E-state index in [-0.39, 0.29) is 0 Å². The van der Waals surface area contributed by atoms with E-state index in [1.807, 2.05) is 23.9 Å². The summed E-state index contributed by atoms with van der Waals surface area (Å²) in [7, 11) is 0. The Morgan fingerprint density at radius 1 is 1.35 bits per heavy atom. The van der Waals surface area contributed by atoms with Gasteiger partial charge in [0, 0.05) is 17.1 Å². The van der Waals surface area contributed by atoms with Crippen LogP contribution in [0.1, 0.15) is 6.42 Å². The second-order valence-corrected chi connectivity index (χ2v) is 6.23. The van der Waals surface area contributed by atoms with Gasteiger partial charge < -0.3 is 5.32 Å². The summed E-state index contributed by atoms with van der Waals surface area (Å²) in [5, 5.41) is 3.36. The lowest BCUT2D eigenvalue weighted by atomic mass is 10.1. The molecule has 0 aromatic heterocycles. The smallest absolute Gasteiger partial charge is 0.288 e. The van der Waals surface area contributed by atoms with Gasteiger partial charge in [-0.1, -0.05) is 11.8 Å². The number of alkyl halides is 2. The van der Waals surface area contributed by atoms with E-state index in [0.717, 1.165) is 18.2 Å². The molecule has 1 aromatic rings. The zero-order chi connectivity index (χ0) is 12.1. The fraction of sp³-hybridized carbons (Fsp3) is 0.500. The average molecular weight is 275 g/mol. The first kappa shape index (κ1) is 13.0. The number of anilines is 1. The van der Waals surface area contributed by atoms with Gasteiger partial charge in [0.25, 0.3) is 5.76 Å². The highest BCUT2D eigenvalue weighted by Gasteiger charge is 2.14. The average Bonchev–Trinajstić information content (AvgIpc) is 2.80. The second kappa shape index (κ2) is 6.50. The number of thioether (sulfide) groups is 2. The predicted octanol–water partition coefficient (Wildman–Crippen LogP) is 4.17. The molecule has 1 atom stereocenters. The Bertz CT molecular complexity index is 337. The van der Waals surface area contributed by atoms with E-state index in [9.17, 15) is 8.78 Å². The molecule has 0 radical (unpaired) electrons. The van der Waals surface area contributed by atoms with Crippen molar-refractivity contribution in [2.45, 2.75) is 17.1 Å². The molecule has 1 unspecified atom stereocenters. The van der Waals surface area contributed by atoms with E-state index in [4.69, 9.17) is 0 Å². The van der Waals surface area contributed by atoms with Gasteiger partial charge >= 0.3 is 0 Å². The zero-order valence-electron chi connectivity index (χ0n) is 9.36. The van der Waals surface area contributed by atoms with Crippen LogP contribution in [-0.2, 0) is 0 Å². The van der Waals surface area contributed by atoms with Crippen LogP contribution < -0.4 is 5.32 Å². The van der Waals surface area contributed by atoms with Crippen molar-refractivity contribution in [1.82, 2.24) is 0 Å². The topological polar surface area (TPSA) is 12.0 Å². The molecule has 1 saturated heterocycles. The molecule has 1 aliphatic rings. The van der Waals surface area contributed by atoms with Gasteiger partial charge in [-0.3, -0.25) is 0 Å². The van der Waals surface area contributed by atoms with Gasteiger partial charge in [-0.25, -0.2) is 0 Å². The van der Waals surface area contributed by atoms with E-state index in [1.165, 1.54) is 17.9 Å². The van der Waals surface area contributed by atoms with Crippen LogP contribution in [0, 0.1) is 5.92 Å². The molecule has 17 heavy (non-hydrogen) atoms. The van der Waals surface area contributed by atoms with Crippen LogP contribution in [-0.4, -0.2) is 23.8 Å². The van der Waals surface area contributed by atoms with Crippen molar-refractivity contribution < 1.29 is 8.78 Å². The standard InChI is InChI=1S/C12H15F2NS2/c13-12(14)17-11-3-1-10(2-4-11)15-7-9-5-6-16-8-9/h1-4,9,12,15H,5-8H2. The van der Waals surface area contributed by atoms with Gasteiger partial charge in [-0.2, -0.15) is 20.5 Å². The fourth-order valence-electron chi connectivity index (χ4n) is 1.76. The number of hydrogen-bond donors (Lipinski definition) is 1. The monoisotopic (exact) mass is 275 g/mol. The lowest BCUT2D eigenvalue weighted by Gasteiger charge is -2.11. The maximum absolute atomic E-state index is 12.1. The SMILES string of the molecule is FC(F)Sc1ccc(NCC2CCSC2)cc1. The first-order valence-corrected chi connectivity index (χ1v) is 7.64. The third kappa shape index (κ3) is 4.39.